The number of rotatable bonds is 3. The topological polar surface area (TPSA) is 38.5 Å². The number of likely N-dealkylation sites (N-methyl/N-ethyl adjacent to an activating group) is 1. The SMILES string of the molecule is Cc1cc(N)c(OC(C)C)cc1C1=CC(C)N(C)C(C)C1. The molecule has 1 heterocycles. The lowest BCUT2D eigenvalue weighted by molar-refractivity contribution is 0.220. The molecular formula is C18H28N2O. The molecule has 0 spiro atoms. The van der Waals surface area contributed by atoms with Crippen molar-refractivity contribution >= 4 is 11.3 Å². The number of hydrogen-bond donors (Lipinski definition) is 1. The van der Waals surface area contributed by atoms with Crippen molar-refractivity contribution in [3.8, 4) is 5.75 Å². The molecule has 21 heavy (non-hydrogen) atoms. The molecule has 2 atom stereocenters. The fourth-order valence-corrected chi connectivity index (χ4v) is 2.95. The van der Waals surface area contributed by atoms with Gasteiger partial charge in [-0.25, -0.2) is 0 Å². The second kappa shape index (κ2) is 6.10. The average molecular weight is 288 g/mol. The fraction of sp³-hybridized carbons (Fsp3) is 0.556. The Bertz CT molecular complexity index is 548. The van der Waals surface area contributed by atoms with Crippen molar-refractivity contribution in [3.63, 3.8) is 0 Å². The van der Waals surface area contributed by atoms with Gasteiger partial charge >= 0.3 is 0 Å². The second-order valence-electron chi connectivity index (χ2n) is 6.52. The smallest absolute Gasteiger partial charge is 0.143 e. The Kier molecular flexibility index (Phi) is 4.62. The zero-order valence-electron chi connectivity index (χ0n) is 14.1. The lowest BCUT2D eigenvalue weighted by Crippen LogP contribution is -2.39. The number of anilines is 1. The van der Waals surface area contributed by atoms with Crippen LogP contribution in [-0.4, -0.2) is 30.1 Å². The minimum atomic E-state index is 0.132. The maximum Gasteiger partial charge on any atom is 0.143 e. The van der Waals surface area contributed by atoms with E-state index in [0.29, 0.717) is 12.1 Å². The van der Waals surface area contributed by atoms with Crippen LogP contribution in [0, 0.1) is 6.92 Å². The number of aryl methyl sites for hydroxylation is 1. The third-order valence-corrected chi connectivity index (χ3v) is 4.36. The highest BCUT2D eigenvalue weighted by molar-refractivity contribution is 5.74. The minimum Gasteiger partial charge on any atom is -0.489 e. The zero-order chi connectivity index (χ0) is 15.7. The van der Waals surface area contributed by atoms with Crippen molar-refractivity contribution in [1.82, 2.24) is 4.90 Å². The van der Waals surface area contributed by atoms with Gasteiger partial charge in [-0.3, -0.25) is 4.90 Å². The van der Waals surface area contributed by atoms with Crippen LogP contribution in [0.25, 0.3) is 5.57 Å². The monoisotopic (exact) mass is 288 g/mol. The summed E-state index contributed by atoms with van der Waals surface area (Å²) >= 11 is 0. The molecule has 1 aliphatic heterocycles. The van der Waals surface area contributed by atoms with Gasteiger partial charge in [0.25, 0.3) is 0 Å². The Morgan fingerprint density at radius 3 is 2.52 bits per heavy atom. The van der Waals surface area contributed by atoms with Crippen LogP contribution in [-0.2, 0) is 0 Å². The first-order valence-electron chi connectivity index (χ1n) is 7.79. The summed E-state index contributed by atoms with van der Waals surface area (Å²) in [6, 6.07) is 5.14. The molecule has 3 nitrogen and oxygen atoms in total. The van der Waals surface area contributed by atoms with Gasteiger partial charge in [0.05, 0.1) is 11.8 Å². The first-order valence-corrected chi connectivity index (χ1v) is 7.79. The van der Waals surface area contributed by atoms with Gasteiger partial charge in [-0.1, -0.05) is 6.08 Å². The average Bonchev–Trinajstić information content (AvgIpc) is 2.38. The quantitative estimate of drug-likeness (QED) is 0.858. The van der Waals surface area contributed by atoms with E-state index in [9.17, 15) is 0 Å². The van der Waals surface area contributed by atoms with Crippen LogP contribution in [0.15, 0.2) is 18.2 Å². The summed E-state index contributed by atoms with van der Waals surface area (Å²) in [5.41, 5.74) is 10.7. The van der Waals surface area contributed by atoms with E-state index in [1.165, 1.54) is 16.7 Å². The molecular weight excluding hydrogens is 260 g/mol. The van der Waals surface area contributed by atoms with E-state index in [1.54, 1.807) is 0 Å². The number of nitrogens with zero attached hydrogens (tertiary/aromatic N) is 1. The lowest BCUT2D eigenvalue weighted by Gasteiger charge is -2.35. The van der Waals surface area contributed by atoms with E-state index in [0.717, 1.165) is 17.9 Å². The Hall–Kier alpha value is -1.48. The van der Waals surface area contributed by atoms with Crippen LogP contribution in [0.5, 0.6) is 5.75 Å². The summed E-state index contributed by atoms with van der Waals surface area (Å²) in [6.45, 7) is 10.7. The molecule has 116 valence electrons. The van der Waals surface area contributed by atoms with Crippen LogP contribution >= 0.6 is 0 Å². The van der Waals surface area contributed by atoms with Crippen LogP contribution in [0.1, 0.15) is 45.2 Å². The molecule has 2 unspecified atom stereocenters. The Morgan fingerprint density at radius 2 is 1.95 bits per heavy atom. The van der Waals surface area contributed by atoms with Crippen LogP contribution in [0.3, 0.4) is 0 Å². The molecule has 0 fully saturated rings. The second-order valence-corrected chi connectivity index (χ2v) is 6.52. The van der Waals surface area contributed by atoms with Crippen LogP contribution in [0.4, 0.5) is 5.69 Å². The molecule has 0 bridgehead atoms. The molecule has 3 heteroatoms. The van der Waals surface area contributed by atoms with Gasteiger partial charge in [-0.2, -0.15) is 0 Å². The lowest BCUT2D eigenvalue weighted by atomic mass is 9.89. The predicted octanol–water partition coefficient (Wildman–Crippen LogP) is 3.86. The van der Waals surface area contributed by atoms with Gasteiger partial charge < -0.3 is 10.5 Å². The highest BCUT2D eigenvalue weighted by atomic mass is 16.5. The van der Waals surface area contributed by atoms with Gasteiger partial charge in [0.15, 0.2) is 0 Å². The standard InChI is InChI=1S/C18H28N2O/c1-11(2)21-18-10-16(12(3)7-17(18)19)15-8-13(4)20(6)14(5)9-15/h7-8,10-11,13-14H,9,19H2,1-6H3. The van der Waals surface area contributed by atoms with Crippen molar-refractivity contribution < 1.29 is 4.74 Å². The Morgan fingerprint density at radius 1 is 1.29 bits per heavy atom. The highest BCUT2D eigenvalue weighted by Crippen LogP contribution is 2.35. The van der Waals surface area contributed by atoms with Crippen molar-refractivity contribution in [3.05, 3.63) is 29.3 Å². The molecule has 0 radical (unpaired) electrons. The van der Waals surface area contributed by atoms with Gasteiger partial charge in [0.1, 0.15) is 5.75 Å². The molecule has 1 aromatic carbocycles. The maximum atomic E-state index is 6.09. The maximum absolute atomic E-state index is 6.09. The number of benzene rings is 1. The van der Waals surface area contributed by atoms with Crippen molar-refractivity contribution in [1.29, 1.82) is 0 Å². The minimum absolute atomic E-state index is 0.132. The van der Waals surface area contributed by atoms with Crippen molar-refractivity contribution in [2.75, 3.05) is 12.8 Å². The van der Waals surface area contributed by atoms with Gasteiger partial charge in [0.2, 0.25) is 0 Å². The van der Waals surface area contributed by atoms with Gasteiger partial charge in [-0.15, -0.1) is 0 Å². The van der Waals surface area contributed by atoms with E-state index in [-0.39, 0.29) is 6.10 Å². The molecule has 0 saturated carbocycles. The third-order valence-electron chi connectivity index (χ3n) is 4.36. The van der Waals surface area contributed by atoms with Gasteiger partial charge in [-0.05, 0) is 76.9 Å². The molecule has 2 N–H and O–H groups in total. The molecule has 0 amide bonds. The summed E-state index contributed by atoms with van der Waals surface area (Å²) in [7, 11) is 2.19. The normalized spacial score (nSPS) is 23.3. The number of ether oxygens (including phenoxy) is 1. The van der Waals surface area contributed by atoms with E-state index < -0.39 is 0 Å². The summed E-state index contributed by atoms with van der Waals surface area (Å²) < 4.78 is 5.84. The zero-order valence-corrected chi connectivity index (χ0v) is 14.1. The first kappa shape index (κ1) is 15.9. The molecule has 0 saturated heterocycles. The van der Waals surface area contributed by atoms with E-state index in [4.69, 9.17) is 10.5 Å². The van der Waals surface area contributed by atoms with Crippen molar-refractivity contribution in [2.45, 2.75) is 59.2 Å². The van der Waals surface area contributed by atoms with Crippen molar-refractivity contribution in [2.24, 2.45) is 0 Å². The van der Waals surface area contributed by atoms with Crippen LogP contribution < -0.4 is 10.5 Å². The molecule has 2 rings (SSSR count). The van der Waals surface area contributed by atoms with E-state index in [1.807, 2.05) is 19.9 Å². The predicted molar refractivity (Wildman–Crippen MR) is 90.6 cm³/mol. The third kappa shape index (κ3) is 3.41. The number of hydrogen-bond acceptors (Lipinski definition) is 3. The summed E-state index contributed by atoms with van der Waals surface area (Å²) in [6.07, 6.45) is 3.55. The van der Waals surface area contributed by atoms with E-state index in [2.05, 4.69) is 44.9 Å². The van der Waals surface area contributed by atoms with Gasteiger partial charge in [0, 0.05) is 12.1 Å². The summed E-state index contributed by atoms with van der Waals surface area (Å²) in [5, 5.41) is 0. The fourth-order valence-electron chi connectivity index (χ4n) is 2.95. The molecule has 0 aromatic heterocycles. The Labute approximate surface area is 128 Å². The summed E-state index contributed by atoms with van der Waals surface area (Å²) in [4.78, 5) is 2.40. The summed E-state index contributed by atoms with van der Waals surface area (Å²) in [5.74, 6) is 0.797. The first-order chi connectivity index (χ1) is 9.79. The number of nitrogen functional groups attached to an aromatic ring is 1. The highest BCUT2D eigenvalue weighted by Gasteiger charge is 2.23. The molecule has 1 aliphatic rings. The number of nitrogens with two attached hydrogens (primary N) is 1. The Balaban J connectivity index is 2.42. The largest absolute Gasteiger partial charge is 0.489 e. The molecule has 0 aliphatic carbocycles. The molecule has 1 aromatic rings. The van der Waals surface area contributed by atoms with Crippen LogP contribution in [0.2, 0.25) is 0 Å². The van der Waals surface area contributed by atoms with E-state index >= 15 is 0 Å².